The number of rotatable bonds is 5. The molecule has 0 bridgehead atoms. The molecule has 2 aromatic carbocycles. The highest BCUT2D eigenvalue weighted by Crippen LogP contribution is 2.15. The van der Waals surface area contributed by atoms with E-state index < -0.39 is 0 Å². The molecule has 0 saturated heterocycles. The van der Waals surface area contributed by atoms with Crippen molar-refractivity contribution in [2.45, 2.75) is 0 Å². The van der Waals surface area contributed by atoms with Crippen LogP contribution in [0.1, 0.15) is 5.56 Å². The van der Waals surface area contributed by atoms with Gasteiger partial charge in [0, 0.05) is 11.9 Å². The first kappa shape index (κ1) is 15.4. The second-order valence-electron chi connectivity index (χ2n) is 4.43. The molecule has 2 aromatic rings. The Morgan fingerprint density at radius 3 is 2.00 bits per heavy atom. The van der Waals surface area contributed by atoms with Gasteiger partial charge in [-0.3, -0.25) is 0 Å². The molecule has 0 fully saturated rings. The van der Waals surface area contributed by atoms with E-state index in [-0.39, 0.29) is 6.03 Å². The minimum Gasteiger partial charge on any atom is -0.497 e. The Morgan fingerprint density at radius 2 is 1.45 bits per heavy atom. The van der Waals surface area contributed by atoms with E-state index in [0.29, 0.717) is 5.69 Å². The largest absolute Gasteiger partial charge is 0.497 e. The summed E-state index contributed by atoms with van der Waals surface area (Å²) in [5.74, 6) is 1.53. The number of benzene rings is 2. The summed E-state index contributed by atoms with van der Waals surface area (Å²) >= 11 is 0. The zero-order chi connectivity index (χ0) is 15.8. The third-order valence-corrected chi connectivity index (χ3v) is 2.95. The number of hydrogen-bond acceptors (Lipinski definition) is 3. The highest BCUT2D eigenvalue weighted by molar-refractivity contribution is 5.90. The van der Waals surface area contributed by atoms with Crippen molar-refractivity contribution in [1.29, 1.82) is 0 Å². The van der Waals surface area contributed by atoms with Gasteiger partial charge in [-0.25, -0.2) is 4.79 Å². The lowest BCUT2D eigenvalue weighted by atomic mass is 10.2. The van der Waals surface area contributed by atoms with Crippen LogP contribution in [0, 0.1) is 0 Å². The van der Waals surface area contributed by atoms with Gasteiger partial charge in [-0.15, -0.1) is 0 Å². The Bertz CT molecular complexity index is 634. The van der Waals surface area contributed by atoms with E-state index in [1.807, 2.05) is 24.3 Å². The second kappa shape index (κ2) is 7.73. The first-order valence-electron chi connectivity index (χ1n) is 6.73. The van der Waals surface area contributed by atoms with E-state index in [4.69, 9.17) is 9.47 Å². The summed E-state index contributed by atoms with van der Waals surface area (Å²) < 4.78 is 10.1. The van der Waals surface area contributed by atoms with Crippen molar-refractivity contribution in [2.75, 3.05) is 19.5 Å². The molecule has 22 heavy (non-hydrogen) atoms. The minimum absolute atomic E-state index is 0.310. The predicted octanol–water partition coefficient (Wildman–Crippen LogP) is 3.50. The number of amides is 2. The van der Waals surface area contributed by atoms with Gasteiger partial charge in [-0.1, -0.05) is 12.1 Å². The summed E-state index contributed by atoms with van der Waals surface area (Å²) in [5.41, 5.74) is 1.65. The zero-order valence-corrected chi connectivity index (χ0v) is 12.5. The van der Waals surface area contributed by atoms with Crippen molar-refractivity contribution < 1.29 is 14.3 Å². The fourth-order valence-electron chi connectivity index (χ4n) is 1.77. The average Bonchev–Trinajstić information content (AvgIpc) is 2.56. The van der Waals surface area contributed by atoms with Crippen LogP contribution in [0.25, 0.3) is 6.08 Å². The van der Waals surface area contributed by atoms with Gasteiger partial charge in [0.15, 0.2) is 0 Å². The first-order chi connectivity index (χ1) is 10.7. The van der Waals surface area contributed by atoms with Gasteiger partial charge in [0.1, 0.15) is 11.5 Å². The summed E-state index contributed by atoms with van der Waals surface area (Å²) in [5, 5.41) is 5.36. The van der Waals surface area contributed by atoms with Crippen molar-refractivity contribution in [2.24, 2.45) is 0 Å². The van der Waals surface area contributed by atoms with Crippen LogP contribution in [0.4, 0.5) is 10.5 Å². The maximum absolute atomic E-state index is 11.7. The van der Waals surface area contributed by atoms with Crippen LogP contribution in [0.5, 0.6) is 11.5 Å². The Balaban J connectivity index is 1.84. The molecule has 2 rings (SSSR count). The standard InChI is InChI=1S/C17H18N2O3/c1-21-15-7-3-13(4-8-15)11-12-18-17(20)19-14-5-9-16(22-2)10-6-14/h3-12H,1-2H3,(H2,18,19,20)/b12-11+. The highest BCUT2D eigenvalue weighted by Gasteiger charge is 1.99. The lowest BCUT2D eigenvalue weighted by molar-refractivity contribution is 0.255. The van der Waals surface area contributed by atoms with Crippen molar-refractivity contribution in [3.8, 4) is 11.5 Å². The molecule has 5 heteroatoms. The van der Waals surface area contributed by atoms with Gasteiger partial charge in [-0.2, -0.15) is 0 Å². The minimum atomic E-state index is -0.310. The monoisotopic (exact) mass is 298 g/mol. The van der Waals surface area contributed by atoms with E-state index in [1.165, 1.54) is 0 Å². The van der Waals surface area contributed by atoms with Crippen molar-refractivity contribution in [3.63, 3.8) is 0 Å². The van der Waals surface area contributed by atoms with Gasteiger partial charge in [0.2, 0.25) is 0 Å². The van der Waals surface area contributed by atoms with Gasteiger partial charge < -0.3 is 20.1 Å². The van der Waals surface area contributed by atoms with Crippen LogP contribution in [0.15, 0.2) is 54.7 Å². The molecule has 0 atom stereocenters. The number of nitrogens with one attached hydrogen (secondary N) is 2. The molecule has 2 N–H and O–H groups in total. The van der Waals surface area contributed by atoms with Gasteiger partial charge in [-0.05, 0) is 48.0 Å². The fraction of sp³-hybridized carbons (Fsp3) is 0.118. The number of carbonyl (C=O) groups excluding carboxylic acids is 1. The number of urea groups is 1. The van der Waals surface area contributed by atoms with E-state index in [0.717, 1.165) is 17.1 Å². The molecule has 0 spiro atoms. The van der Waals surface area contributed by atoms with Gasteiger partial charge in [0.25, 0.3) is 0 Å². The van der Waals surface area contributed by atoms with Crippen LogP contribution >= 0.6 is 0 Å². The Labute approximate surface area is 129 Å². The summed E-state index contributed by atoms with van der Waals surface area (Å²) in [6, 6.07) is 14.3. The Hall–Kier alpha value is -2.95. The SMILES string of the molecule is COc1ccc(/C=C/NC(=O)Nc2ccc(OC)cc2)cc1. The summed E-state index contributed by atoms with van der Waals surface area (Å²) in [4.78, 5) is 11.7. The topological polar surface area (TPSA) is 59.6 Å². The van der Waals surface area contributed by atoms with Crippen LogP contribution in [-0.2, 0) is 0 Å². The first-order valence-corrected chi connectivity index (χ1v) is 6.73. The maximum atomic E-state index is 11.7. The summed E-state index contributed by atoms with van der Waals surface area (Å²) in [7, 11) is 3.22. The van der Waals surface area contributed by atoms with E-state index >= 15 is 0 Å². The summed E-state index contributed by atoms with van der Waals surface area (Å²) in [6.45, 7) is 0. The smallest absolute Gasteiger partial charge is 0.323 e. The summed E-state index contributed by atoms with van der Waals surface area (Å²) in [6.07, 6.45) is 3.38. The van der Waals surface area contributed by atoms with Crippen molar-refractivity contribution >= 4 is 17.8 Å². The van der Waals surface area contributed by atoms with Gasteiger partial charge in [0.05, 0.1) is 14.2 Å². The zero-order valence-electron chi connectivity index (χ0n) is 12.5. The molecular weight excluding hydrogens is 280 g/mol. The van der Waals surface area contributed by atoms with Crippen molar-refractivity contribution in [3.05, 3.63) is 60.3 Å². The number of ether oxygens (including phenoxy) is 2. The second-order valence-corrected chi connectivity index (χ2v) is 4.43. The molecule has 0 aliphatic carbocycles. The molecule has 0 aromatic heterocycles. The third kappa shape index (κ3) is 4.56. The molecule has 0 unspecified atom stereocenters. The normalized spacial score (nSPS) is 10.3. The Kier molecular flexibility index (Phi) is 5.43. The third-order valence-electron chi connectivity index (χ3n) is 2.95. The lowest BCUT2D eigenvalue weighted by Crippen LogP contribution is -2.23. The van der Waals surface area contributed by atoms with E-state index in [2.05, 4.69) is 10.6 Å². The lowest BCUT2D eigenvalue weighted by Gasteiger charge is -2.05. The van der Waals surface area contributed by atoms with Crippen LogP contribution in [0.2, 0.25) is 0 Å². The number of carbonyl (C=O) groups is 1. The highest BCUT2D eigenvalue weighted by atomic mass is 16.5. The van der Waals surface area contributed by atoms with E-state index in [9.17, 15) is 4.79 Å². The molecule has 0 radical (unpaired) electrons. The van der Waals surface area contributed by atoms with Crippen LogP contribution in [-0.4, -0.2) is 20.3 Å². The molecule has 0 heterocycles. The fourth-order valence-corrected chi connectivity index (χ4v) is 1.77. The Morgan fingerprint density at radius 1 is 0.909 bits per heavy atom. The number of anilines is 1. The molecule has 0 aliphatic rings. The molecule has 5 nitrogen and oxygen atoms in total. The van der Waals surface area contributed by atoms with Crippen LogP contribution < -0.4 is 20.1 Å². The van der Waals surface area contributed by atoms with E-state index in [1.54, 1.807) is 50.8 Å². The average molecular weight is 298 g/mol. The number of methoxy groups -OCH3 is 2. The maximum Gasteiger partial charge on any atom is 0.323 e. The predicted molar refractivity (Wildman–Crippen MR) is 87.2 cm³/mol. The molecular formula is C17H18N2O3. The molecule has 0 aliphatic heterocycles. The molecule has 114 valence electrons. The van der Waals surface area contributed by atoms with Gasteiger partial charge >= 0.3 is 6.03 Å². The number of hydrogen-bond donors (Lipinski definition) is 2. The quantitative estimate of drug-likeness (QED) is 0.888. The molecule has 2 amide bonds. The van der Waals surface area contributed by atoms with Crippen molar-refractivity contribution in [1.82, 2.24) is 5.32 Å². The molecule has 0 saturated carbocycles. The van der Waals surface area contributed by atoms with Crippen LogP contribution in [0.3, 0.4) is 0 Å².